The van der Waals surface area contributed by atoms with Crippen molar-refractivity contribution in [2.24, 2.45) is 5.92 Å². The number of aromatic amines is 1. The SMILES string of the molecule is Cc1ccc(O)cc1C12Cc3[nH]c(=O)c(C(=O)N4CCCC4)cc3CC1(O)C1C(CN1C)C2. The first-order valence-corrected chi connectivity index (χ1v) is 12.0. The molecule has 1 saturated carbocycles. The number of benzene rings is 1. The number of carbonyl (C=O) groups excluding carboxylic acids is 1. The number of H-pyrrole nitrogens is 1. The van der Waals surface area contributed by atoms with E-state index in [0.717, 1.165) is 48.2 Å². The Morgan fingerprint density at radius 3 is 2.67 bits per heavy atom. The zero-order valence-corrected chi connectivity index (χ0v) is 19.2. The molecule has 33 heavy (non-hydrogen) atoms. The Morgan fingerprint density at radius 2 is 1.94 bits per heavy atom. The van der Waals surface area contributed by atoms with Gasteiger partial charge in [0.2, 0.25) is 0 Å². The number of phenolic OH excluding ortho intramolecular Hbond substituents is 1. The van der Waals surface area contributed by atoms with Gasteiger partial charge < -0.3 is 20.1 Å². The molecule has 6 rings (SSSR count). The number of hydrogen-bond acceptors (Lipinski definition) is 5. The number of fused-ring (bicyclic) bond motifs is 4. The molecule has 0 spiro atoms. The summed E-state index contributed by atoms with van der Waals surface area (Å²) in [4.78, 5) is 33.0. The fourth-order valence-electron chi connectivity index (χ4n) is 7.47. The molecule has 7 heteroatoms. The number of aryl methyl sites for hydroxylation is 1. The lowest BCUT2D eigenvalue weighted by Crippen LogP contribution is -2.67. The normalized spacial score (nSPS) is 32.8. The number of pyridine rings is 1. The third-order valence-corrected chi connectivity index (χ3v) is 8.89. The van der Waals surface area contributed by atoms with Gasteiger partial charge in [0.25, 0.3) is 11.5 Å². The molecule has 174 valence electrons. The summed E-state index contributed by atoms with van der Waals surface area (Å²) >= 11 is 0. The molecule has 1 aromatic carbocycles. The van der Waals surface area contributed by atoms with E-state index < -0.39 is 11.0 Å². The maximum Gasteiger partial charge on any atom is 0.261 e. The summed E-state index contributed by atoms with van der Waals surface area (Å²) < 4.78 is 0. The molecule has 7 nitrogen and oxygen atoms in total. The number of carbonyl (C=O) groups is 1. The number of hydrogen-bond donors (Lipinski definition) is 3. The lowest BCUT2D eigenvalue weighted by atomic mass is 9.59. The van der Waals surface area contributed by atoms with Crippen molar-refractivity contribution in [3.8, 4) is 5.75 Å². The van der Waals surface area contributed by atoms with Crippen molar-refractivity contribution in [2.45, 2.75) is 56.1 Å². The standard InChI is InChI=1S/C26H31N3O4/c1-15-5-6-18(30)10-20(15)25-11-17-14-28(2)22(17)26(25,33)12-16-9-19(23(31)27-21(16)13-25)24(32)29-7-3-4-8-29/h5-6,9-10,17,22,30,33H,3-4,7-8,11-14H2,1-2H3,(H,27,31). The van der Waals surface area contributed by atoms with Gasteiger partial charge in [-0.3, -0.25) is 14.5 Å². The first-order chi connectivity index (χ1) is 15.7. The van der Waals surface area contributed by atoms with E-state index >= 15 is 0 Å². The quantitative estimate of drug-likeness (QED) is 0.649. The monoisotopic (exact) mass is 449 g/mol. The average Bonchev–Trinajstić information content (AvgIpc) is 3.35. The second-order valence-electron chi connectivity index (χ2n) is 10.7. The first-order valence-electron chi connectivity index (χ1n) is 12.0. The number of aromatic nitrogens is 1. The molecule has 4 aliphatic rings. The topological polar surface area (TPSA) is 96.9 Å². The summed E-state index contributed by atoms with van der Waals surface area (Å²) in [6.07, 6.45) is 3.60. The van der Waals surface area contributed by atoms with Crippen LogP contribution in [0.25, 0.3) is 0 Å². The predicted octanol–water partition coefficient (Wildman–Crippen LogP) is 1.73. The fraction of sp³-hybridized carbons (Fsp3) is 0.538. The van der Waals surface area contributed by atoms with Crippen molar-refractivity contribution >= 4 is 5.91 Å². The van der Waals surface area contributed by atoms with Crippen LogP contribution in [-0.4, -0.2) is 69.2 Å². The highest BCUT2D eigenvalue weighted by Gasteiger charge is 2.70. The molecule has 1 amide bonds. The predicted molar refractivity (Wildman–Crippen MR) is 124 cm³/mol. The maximum absolute atomic E-state index is 13.0. The van der Waals surface area contributed by atoms with E-state index in [1.807, 2.05) is 13.0 Å². The van der Waals surface area contributed by atoms with E-state index in [9.17, 15) is 19.8 Å². The number of amides is 1. The van der Waals surface area contributed by atoms with Crippen molar-refractivity contribution in [1.82, 2.24) is 14.8 Å². The fourth-order valence-corrected chi connectivity index (χ4v) is 7.47. The van der Waals surface area contributed by atoms with Gasteiger partial charge in [-0.25, -0.2) is 0 Å². The molecule has 4 unspecified atom stereocenters. The second-order valence-corrected chi connectivity index (χ2v) is 10.7. The highest BCUT2D eigenvalue weighted by atomic mass is 16.3. The van der Waals surface area contributed by atoms with Crippen LogP contribution in [0.15, 0.2) is 29.1 Å². The summed E-state index contributed by atoms with van der Waals surface area (Å²) in [5, 5.41) is 22.8. The molecule has 3 N–H and O–H groups in total. The van der Waals surface area contributed by atoms with Gasteiger partial charge in [0.05, 0.1) is 5.60 Å². The summed E-state index contributed by atoms with van der Waals surface area (Å²) in [6, 6.07) is 7.12. The van der Waals surface area contributed by atoms with Crippen LogP contribution in [0.3, 0.4) is 0 Å². The van der Waals surface area contributed by atoms with Crippen molar-refractivity contribution in [1.29, 1.82) is 0 Å². The third kappa shape index (κ3) is 2.75. The van der Waals surface area contributed by atoms with E-state index in [1.54, 1.807) is 23.1 Å². The minimum atomic E-state index is -1.05. The third-order valence-electron chi connectivity index (χ3n) is 8.89. The van der Waals surface area contributed by atoms with Gasteiger partial charge in [-0.05, 0) is 74.0 Å². The van der Waals surface area contributed by atoms with E-state index in [1.165, 1.54) is 0 Å². The number of nitrogens with zero attached hydrogens (tertiary/aromatic N) is 2. The highest BCUT2D eigenvalue weighted by Crippen LogP contribution is 2.61. The Morgan fingerprint density at radius 1 is 1.18 bits per heavy atom. The molecule has 2 aliphatic heterocycles. The zero-order chi connectivity index (χ0) is 23.1. The molecule has 2 aliphatic carbocycles. The van der Waals surface area contributed by atoms with Crippen LogP contribution in [-0.2, 0) is 18.3 Å². The number of rotatable bonds is 2. The number of likely N-dealkylation sites (tertiary alicyclic amines) is 2. The van der Waals surface area contributed by atoms with Crippen molar-refractivity contribution in [3.05, 3.63) is 62.6 Å². The van der Waals surface area contributed by atoms with Crippen LogP contribution >= 0.6 is 0 Å². The smallest absolute Gasteiger partial charge is 0.261 e. The maximum atomic E-state index is 13.0. The van der Waals surface area contributed by atoms with Gasteiger partial charge in [0.15, 0.2) is 0 Å². The number of nitrogens with one attached hydrogen (secondary N) is 1. The lowest BCUT2D eigenvalue weighted by Gasteiger charge is -2.53. The molecule has 2 aromatic rings. The summed E-state index contributed by atoms with van der Waals surface area (Å²) in [6.45, 7) is 4.32. The minimum absolute atomic E-state index is 0.0112. The van der Waals surface area contributed by atoms with E-state index in [2.05, 4.69) is 16.9 Å². The van der Waals surface area contributed by atoms with Gasteiger partial charge in [0.1, 0.15) is 11.3 Å². The van der Waals surface area contributed by atoms with Crippen molar-refractivity contribution < 1.29 is 15.0 Å². The number of aliphatic hydroxyl groups is 1. The Balaban J connectivity index is 1.50. The molecule has 4 atom stereocenters. The van der Waals surface area contributed by atoms with Gasteiger partial charge in [-0.15, -0.1) is 0 Å². The summed E-state index contributed by atoms with van der Waals surface area (Å²) in [5.41, 5.74) is 1.81. The zero-order valence-electron chi connectivity index (χ0n) is 19.2. The molecule has 2 saturated heterocycles. The highest BCUT2D eigenvalue weighted by molar-refractivity contribution is 5.94. The minimum Gasteiger partial charge on any atom is -0.508 e. The lowest BCUT2D eigenvalue weighted by molar-refractivity contribution is -0.108. The largest absolute Gasteiger partial charge is 0.508 e. The summed E-state index contributed by atoms with van der Waals surface area (Å²) in [7, 11) is 2.05. The van der Waals surface area contributed by atoms with Crippen molar-refractivity contribution in [3.63, 3.8) is 0 Å². The van der Waals surface area contributed by atoms with Crippen LogP contribution in [0.2, 0.25) is 0 Å². The van der Waals surface area contributed by atoms with Crippen molar-refractivity contribution in [2.75, 3.05) is 26.7 Å². The number of likely N-dealkylation sites (N-methyl/N-ethyl adjacent to an activating group) is 1. The molecular weight excluding hydrogens is 418 g/mol. The second kappa shape index (κ2) is 6.93. The van der Waals surface area contributed by atoms with Gasteiger partial charge >= 0.3 is 0 Å². The first kappa shape index (κ1) is 20.9. The molecule has 1 aromatic heterocycles. The Labute approximate surface area is 193 Å². The molecule has 3 fully saturated rings. The average molecular weight is 450 g/mol. The Kier molecular flexibility index (Phi) is 4.40. The summed E-state index contributed by atoms with van der Waals surface area (Å²) in [5.74, 6) is 0.327. The number of phenols is 1. The van der Waals surface area contributed by atoms with Crippen LogP contribution in [0.1, 0.15) is 52.0 Å². The molecular formula is C26H31N3O4. The Hall–Kier alpha value is -2.64. The van der Waals surface area contributed by atoms with Crippen LogP contribution in [0.4, 0.5) is 0 Å². The Bertz CT molecular complexity index is 1220. The number of aromatic hydroxyl groups is 1. The molecule has 0 bridgehead atoms. The molecule has 0 radical (unpaired) electrons. The molecule has 3 heterocycles. The van der Waals surface area contributed by atoms with E-state index in [0.29, 0.717) is 31.8 Å². The van der Waals surface area contributed by atoms with Crippen LogP contribution < -0.4 is 5.56 Å². The van der Waals surface area contributed by atoms with Gasteiger partial charge in [-0.1, -0.05) is 6.07 Å². The van der Waals surface area contributed by atoms with E-state index in [4.69, 9.17) is 0 Å². The van der Waals surface area contributed by atoms with Crippen LogP contribution in [0, 0.1) is 12.8 Å². The van der Waals surface area contributed by atoms with Crippen LogP contribution in [0.5, 0.6) is 5.75 Å². The van der Waals surface area contributed by atoms with E-state index in [-0.39, 0.29) is 28.8 Å². The van der Waals surface area contributed by atoms with Gasteiger partial charge in [0, 0.05) is 49.6 Å². The van der Waals surface area contributed by atoms with Gasteiger partial charge in [-0.2, -0.15) is 0 Å².